The number of nitrogens with two attached hydrogens (primary N) is 1. The Morgan fingerprint density at radius 2 is 2.00 bits per heavy atom. The summed E-state index contributed by atoms with van der Waals surface area (Å²) in [5.74, 6) is 0.248. The molecule has 0 spiro atoms. The zero-order chi connectivity index (χ0) is 12.1. The summed E-state index contributed by atoms with van der Waals surface area (Å²) in [5, 5.41) is 3.03. The molecule has 1 aliphatic carbocycles. The number of carbonyl (C=O) groups excluding carboxylic acids is 1. The minimum absolute atomic E-state index is 0.0711. The van der Waals surface area contributed by atoms with Crippen molar-refractivity contribution in [2.24, 2.45) is 11.7 Å². The standard InChI is InChI=1S/C13H25N3O/c14-12-6-3-5-11(12)13(17)15-7-4-10-16-8-1-2-9-16/h11-12H,1-10,14H2,(H,15,17). The lowest BCUT2D eigenvalue weighted by molar-refractivity contribution is -0.125. The van der Waals surface area contributed by atoms with Crippen molar-refractivity contribution >= 4 is 5.91 Å². The van der Waals surface area contributed by atoms with Crippen LogP contribution in [-0.4, -0.2) is 43.0 Å². The predicted molar refractivity (Wildman–Crippen MR) is 68.6 cm³/mol. The number of nitrogens with one attached hydrogen (secondary N) is 1. The molecule has 2 aliphatic rings. The van der Waals surface area contributed by atoms with Crippen LogP contribution in [0.4, 0.5) is 0 Å². The summed E-state index contributed by atoms with van der Waals surface area (Å²) in [5.41, 5.74) is 5.91. The van der Waals surface area contributed by atoms with Gasteiger partial charge < -0.3 is 16.0 Å². The summed E-state index contributed by atoms with van der Waals surface area (Å²) in [7, 11) is 0. The normalized spacial score (nSPS) is 29.7. The maximum absolute atomic E-state index is 11.8. The monoisotopic (exact) mass is 239 g/mol. The van der Waals surface area contributed by atoms with Crippen LogP contribution < -0.4 is 11.1 Å². The largest absolute Gasteiger partial charge is 0.356 e. The number of hydrogen-bond donors (Lipinski definition) is 2. The van der Waals surface area contributed by atoms with Crippen LogP contribution in [0.5, 0.6) is 0 Å². The van der Waals surface area contributed by atoms with Crippen molar-refractivity contribution in [3.63, 3.8) is 0 Å². The molecular weight excluding hydrogens is 214 g/mol. The van der Waals surface area contributed by atoms with Crippen LogP contribution >= 0.6 is 0 Å². The first-order valence-corrected chi connectivity index (χ1v) is 7.03. The molecule has 0 aromatic rings. The van der Waals surface area contributed by atoms with Gasteiger partial charge in [0.1, 0.15) is 0 Å². The summed E-state index contributed by atoms with van der Waals surface area (Å²) in [6.07, 6.45) is 6.82. The number of nitrogens with zero attached hydrogens (tertiary/aromatic N) is 1. The fourth-order valence-corrected chi connectivity index (χ4v) is 2.97. The van der Waals surface area contributed by atoms with Crippen LogP contribution in [0.1, 0.15) is 38.5 Å². The van der Waals surface area contributed by atoms with Gasteiger partial charge in [0.2, 0.25) is 5.91 Å². The van der Waals surface area contributed by atoms with Gasteiger partial charge in [-0.3, -0.25) is 4.79 Å². The number of hydrogen-bond acceptors (Lipinski definition) is 3. The molecule has 2 fully saturated rings. The third kappa shape index (κ3) is 3.68. The van der Waals surface area contributed by atoms with Crippen molar-refractivity contribution in [3.05, 3.63) is 0 Å². The van der Waals surface area contributed by atoms with Crippen molar-refractivity contribution in [1.29, 1.82) is 0 Å². The maximum Gasteiger partial charge on any atom is 0.224 e. The third-order valence-corrected chi connectivity index (χ3v) is 4.06. The first-order chi connectivity index (χ1) is 8.27. The molecule has 17 heavy (non-hydrogen) atoms. The molecular formula is C13H25N3O. The molecule has 0 radical (unpaired) electrons. The van der Waals surface area contributed by atoms with E-state index < -0.39 is 0 Å². The molecule has 0 bridgehead atoms. The van der Waals surface area contributed by atoms with E-state index in [-0.39, 0.29) is 17.9 Å². The maximum atomic E-state index is 11.8. The van der Waals surface area contributed by atoms with Crippen LogP contribution in [0.25, 0.3) is 0 Å². The van der Waals surface area contributed by atoms with E-state index in [1.807, 2.05) is 0 Å². The summed E-state index contributed by atoms with van der Waals surface area (Å²) < 4.78 is 0. The van der Waals surface area contributed by atoms with Gasteiger partial charge in [-0.2, -0.15) is 0 Å². The lowest BCUT2D eigenvalue weighted by atomic mass is 10.0. The molecule has 0 aromatic carbocycles. The Balaban J connectivity index is 1.56. The zero-order valence-corrected chi connectivity index (χ0v) is 10.7. The van der Waals surface area contributed by atoms with Crippen molar-refractivity contribution in [2.75, 3.05) is 26.2 Å². The molecule has 1 amide bonds. The summed E-state index contributed by atoms with van der Waals surface area (Å²) in [4.78, 5) is 14.3. The van der Waals surface area contributed by atoms with E-state index in [9.17, 15) is 4.79 Å². The molecule has 4 nitrogen and oxygen atoms in total. The van der Waals surface area contributed by atoms with Crippen molar-refractivity contribution in [3.8, 4) is 0 Å². The van der Waals surface area contributed by atoms with Crippen LogP contribution in [0.3, 0.4) is 0 Å². The smallest absolute Gasteiger partial charge is 0.224 e. The van der Waals surface area contributed by atoms with Crippen molar-refractivity contribution < 1.29 is 4.79 Å². The van der Waals surface area contributed by atoms with Gasteiger partial charge in [0.15, 0.2) is 0 Å². The minimum atomic E-state index is 0.0711. The van der Waals surface area contributed by atoms with Gasteiger partial charge in [0.25, 0.3) is 0 Å². The van der Waals surface area contributed by atoms with E-state index in [0.29, 0.717) is 0 Å². The Labute approximate surface area is 104 Å². The molecule has 3 N–H and O–H groups in total. The first-order valence-electron chi connectivity index (χ1n) is 7.03. The number of amides is 1. The Morgan fingerprint density at radius 1 is 1.24 bits per heavy atom. The number of carbonyl (C=O) groups is 1. The Hall–Kier alpha value is -0.610. The zero-order valence-electron chi connectivity index (χ0n) is 10.7. The average molecular weight is 239 g/mol. The topological polar surface area (TPSA) is 58.4 Å². The van der Waals surface area contributed by atoms with Crippen LogP contribution in [-0.2, 0) is 4.79 Å². The predicted octanol–water partition coefficient (Wildman–Crippen LogP) is 0.716. The SMILES string of the molecule is NC1CCCC1C(=O)NCCCN1CCCC1. The molecule has 1 aliphatic heterocycles. The van der Waals surface area contributed by atoms with Gasteiger partial charge in [-0.15, -0.1) is 0 Å². The van der Waals surface area contributed by atoms with E-state index in [2.05, 4.69) is 10.2 Å². The molecule has 2 rings (SSSR count). The second kappa shape index (κ2) is 6.36. The molecule has 0 aromatic heterocycles. The fourth-order valence-electron chi connectivity index (χ4n) is 2.97. The molecule has 1 saturated carbocycles. The fraction of sp³-hybridized carbons (Fsp3) is 0.923. The molecule has 1 heterocycles. The van der Waals surface area contributed by atoms with Crippen molar-refractivity contribution in [2.45, 2.75) is 44.6 Å². The Kier molecular flexibility index (Phi) is 4.80. The van der Waals surface area contributed by atoms with E-state index in [0.717, 1.165) is 38.8 Å². The van der Waals surface area contributed by atoms with Crippen LogP contribution in [0.2, 0.25) is 0 Å². The summed E-state index contributed by atoms with van der Waals surface area (Å²) in [6, 6.07) is 0.0913. The molecule has 2 unspecified atom stereocenters. The minimum Gasteiger partial charge on any atom is -0.356 e. The summed E-state index contributed by atoms with van der Waals surface area (Å²) in [6.45, 7) is 4.40. The highest BCUT2D eigenvalue weighted by atomic mass is 16.1. The second-order valence-electron chi connectivity index (χ2n) is 5.39. The van der Waals surface area contributed by atoms with E-state index >= 15 is 0 Å². The van der Waals surface area contributed by atoms with Gasteiger partial charge in [-0.1, -0.05) is 6.42 Å². The highest BCUT2D eigenvalue weighted by Crippen LogP contribution is 2.23. The van der Waals surface area contributed by atoms with Crippen LogP contribution in [0, 0.1) is 5.92 Å². The van der Waals surface area contributed by atoms with Gasteiger partial charge >= 0.3 is 0 Å². The second-order valence-corrected chi connectivity index (χ2v) is 5.39. The van der Waals surface area contributed by atoms with Gasteiger partial charge in [0, 0.05) is 12.6 Å². The number of likely N-dealkylation sites (tertiary alicyclic amines) is 1. The van der Waals surface area contributed by atoms with Gasteiger partial charge in [0.05, 0.1) is 5.92 Å². The molecule has 1 saturated heterocycles. The van der Waals surface area contributed by atoms with E-state index in [4.69, 9.17) is 5.73 Å². The molecule has 2 atom stereocenters. The first kappa shape index (κ1) is 12.8. The summed E-state index contributed by atoms with van der Waals surface area (Å²) >= 11 is 0. The highest BCUT2D eigenvalue weighted by molar-refractivity contribution is 5.79. The molecule has 4 heteroatoms. The Morgan fingerprint density at radius 3 is 2.65 bits per heavy atom. The average Bonchev–Trinajstić information content (AvgIpc) is 2.95. The third-order valence-electron chi connectivity index (χ3n) is 4.06. The lowest BCUT2D eigenvalue weighted by Gasteiger charge is -2.17. The Bertz CT molecular complexity index is 251. The van der Waals surface area contributed by atoms with Gasteiger partial charge in [-0.05, 0) is 51.7 Å². The quantitative estimate of drug-likeness (QED) is 0.695. The molecule has 98 valence electrons. The van der Waals surface area contributed by atoms with Gasteiger partial charge in [-0.25, -0.2) is 0 Å². The highest BCUT2D eigenvalue weighted by Gasteiger charge is 2.29. The van der Waals surface area contributed by atoms with Crippen LogP contribution in [0.15, 0.2) is 0 Å². The number of rotatable bonds is 5. The van der Waals surface area contributed by atoms with E-state index in [1.54, 1.807) is 0 Å². The lowest BCUT2D eigenvalue weighted by Crippen LogP contribution is -2.39. The van der Waals surface area contributed by atoms with Crippen molar-refractivity contribution in [1.82, 2.24) is 10.2 Å². The van der Waals surface area contributed by atoms with E-state index in [1.165, 1.54) is 25.9 Å².